The van der Waals surface area contributed by atoms with Gasteiger partial charge in [-0.1, -0.05) is 28.1 Å². The summed E-state index contributed by atoms with van der Waals surface area (Å²) in [5.74, 6) is -1.11. The second-order valence-corrected chi connectivity index (χ2v) is 5.09. The number of urea groups is 1. The van der Waals surface area contributed by atoms with Crippen LogP contribution in [0, 0.1) is 0 Å². The Balaban J connectivity index is 1.88. The van der Waals surface area contributed by atoms with Crippen molar-refractivity contribution in [3.05, 3.63) is 58.3 Å². The number of carbonyl (C=O) groups is 2. The number of carbonyl (C=O) groups excluding carboxylic acids is 1. The lowest BCUT2D eigenvalue weighted by molar-refractivity contribution is 0.0690. The maximum absolute atomic E-state index is 11.7. The third-order valence-corrected chi connectivity index (χ3v) is 3.08. The molecule has 2 aromatic rings. The van der Waals surface area contributed by atoms with Crippen LogP contribution in [0.15, 0.2) is 47.1 Å². The third kappa shape index (κ3) is 4.57. The Morgan fingerprint density at radius 2 is 2.05 bits per heavy atom. The number of rotatable bonds is 4. The summed E-state index contributed by atoms with van der Waals surface area (Å²) in [6, 6.07) is 10.0. The van der Waals surface area contributed by atoms with Gasteiger partial charge in [-0.25, -0.2) is 14.6 Å². The predicted molar refractivity (Wildman–Crippen MR) is 81.2 cm³/mol. The highest BCUT2D eigenvalue weighted by Gasteiger charge is 2.06. The molecule has 2 amide bonds. The molecule has 0 bridgehead atoms. The lowest BCUT2D eigenvalue weighted by Gasteiger charge is -2.08. The van der Waals surface area contributed by atoms with Crippen LogP contribution in [0.1, 0.15) is 16.1 Å². The average Bonchev–Trinajstić information content (AvgIpc) is 2.46. The van der Waals surface area contributed by atoms with Crippen molar-refractivity contribution >= 4 is 33.6 Å². The predicted octanol–water partition coefficient (Wildman–Crippen LogP) is 2.86. The monoisotopic (exact) mass is 349 g/mol. The van der Waals surface area contributed by atoms with Crippen molar-refractivity contribution in [1.82, 2.24) is 10.3 Å². The lowest BCUT2D eigenvalue weighted by atomic mass is 10.2. The molecule has 0 unspecified atom stereocenters. The summed E-state index contributed by atoms with van der Waals surface area (Å²) in [4.78, 5) is 26.1. The van der Waals surface area contributed by atoms with Crippen molar-refractivity contribution in [2.45, 2.75) is 6.54 Å². The van der Waals surface area contributed by atoms with Crippen molar-refractivity contribution in [3.8, 4) is 0 Å². The van der Waals surface area contributed by atoms with Crippen molar-refractivity contribution in [2.24, 2.45) is 0 Å². The molecule has 108 valence electrons. The Labute approximate surface area is 129 Å². The second-order valence-electron chi connectivity index (χ2n) is 4.17. The summed E-state index contributed by atoms with van der Waals surface area (Å²) in [6.07, 6.45) is 1.29. The first kappa shape index (κ1) is 15.0. The number of carboxylic acid groups (broad SMARTS) is 1. The molecule has 3 N–H and O–H groups in total. The largest absolute Gasteiger partial charge is 0.477 e. The van der Waals surface area contributed by atoms with Gasteiger partial charge >= 0.3 is 12.0 Å². The summed E-state index contributed by atoms with van der Waals surface area (Å²) >= 11 is 3.36. The van der Waals surface area contributed by atoms with E-state index >= 15 is 0 Å². The minimum atomic E-state index is -1.11. The Bertz CT molecular complexity index is 659. The fourth-order valence-electron chi connectivity index (χ4n) is 1.60. The molecule has 7 heteroatoms. The highest BCUT2D eigenvalue weighted by Crippen LogP contribution is 2.11. The molecule has 1 heterocycles. The molecule has 0 saturated heterocycles. The Morgan fingerprint density at radius 1 is 1.24 bits per heavy atom. The van der Waals surface area contributed by atoms with Gasteiger partial charge in [0.15, 0.2) is 0 Å². The van der Waals surface area contributed by atoms with Crippen LogP contribution in [-0.4, -0.2) is 22.1 Å². The first-order valence-electron chi connectivity index (χ1n) is 6.03. The summed E-state index contributed by atoms with van der Waals surface area (Å²) < 4.78 is 0.940. The minimum absolute atomic E-state index is 0.0740. The van der Waals surface area contributed by atoms with E-state index in [0.29, 0.717) is 12.2 Å². The Morgan fingerprint density at radius 3 is 2.67 bits per heavy atom. The van der Waals surface area contributed by atoms with E-state index in [2.05, 4.69) is 31.5 Å². The quantitative estimate of drug-likeness (QED) is 0.791. The van der Waals surface area contributed by atoms with Crippen LogP contribution in [-0.2, 0) is 6.54 Å². The number of nitrogens with zero attached hydrogens (tertiary/aromatic N) is 1. The molecule has 1 aromatic carbocycles. The number of nitrogens with one attached hydrogen (secondary N) is 2. The average molecular weight is 350 g/mol. The number of benzene rings is 1. The van der Waals surface area contributed by atoms with E-state index < -0.39 is 5.97 Å². The molecule has 0 spiro atoms. The SMILES string of the molecule is O=C(NCc1cccc(Br)c1)Nc1ccc(C(=O)O)nc1. The van der Waals surface area contributed by atoms with Gasteiger partial charge in [0, 0.05) is 11.0 Å². The Kier molecular flexibility index (Phi) is 4.89. The van der Waals surface area contributed by atoms with E-state index in [1.807, 2.05) is 24.3 Å². The van der Waals surface area contributed by atoms with Crippen LogP contribution in [0.3, 0.4) is 0 Å². The van der Waals surface area contributed by atoms with Crippen LogP contribution in [0.5, 0.6) is 0 Å². The fraction of sp³-hybridized carbons (Fsp3) is 0.0714. The van der Waals surface area contributed by atoms with Crippen LogP contribution in [0.4, 0.5) is 10.5 Å². The number of aromatic nitrogens is 1. The summed E-state index contributed by atoms with van der Waals surface area (Å²) in [6.45, 7) is 0.381. The number of anilines is 1. The zero-order chi connectivity index (χ0) is 15.2. The molecule has 0 aliphatic carbocycles. The number of hydrogen-bond acceptors (Lipinski definition) is 3. The van der Waals surface area contributed by atoms with Crippen LogP contribution in [0.2, 0.25) is 0 Å². The van der Waals surface area contributed by atoms with Gasteiger partial charge in [0.1, 0.15) is 5.69 Å². The highest BCUT2D eigenvalue weighted by molar-refractivity contribution is 9.10. The number of pyridine rings is 1. The van der Waals surface area contributed by atoms with E-state index in [1.165, 1.54) is 18.3 Å². The van der Waals surface area contributed by atoms with Gasteiger partial charge in [-0.05, 0) is 29.8 Å². The first-order chi connectivity index (χ1) is 10.0. The van der Waals surface area contributed by atoms with Crippen molar-refractivity contribution < 1.29 is 14.7 Å². The van der Waals surface area contributed by atoms with Gasteiger partial charge in [-0.15, -0.1) is 0 Å². The molecule has 0 saturated carbocycles. The van der Waals surface area contributed by atoms with Gasteiger partial charge in [-0.3, -0.25) is 0 Å². The lowest BCUT2D eigenvalue weighted by Crippen LogP contribution is -2.28. The molecular weight excluding hydrogens is 338 g/mol. The van der Waals surface area contributed by atoms with Crippen molar-refractivity contribution in [1.29, 1.82) is 0 Å². The molecule has 0 fully saturated rings. The standard InChI is InChI=1S/C14H12BrN3O3/c15-10-3-1-2-9(6-10)7-17-14(21)18-11-4-5-12(13(19)20)16-8-11/h1-6,8H,7H2,(H,19,20)(H2,17,18,21). The maximum atomic E-state index is 11.7. The van der Waals surface area contributed by atoms with Gasteiger partial charge < -0.3 is 15.7 Å². The zero-order valence-corrected chi connectivity index (χ0v) is 12.4. The van der Waals surface area contributed by atoms with E-state index in [0.717, 1.165) is 10.0 Å². The van der Waals surface area contributed by atoms with Crippen molar-refractivity contribution in [3.63, 3.8) is 0 Å². The summed E-state index contributed by atoms with van der Waals surface area (Å²) in [7, 11) is 0. The van der Waals surface area contributed by atoms with Crippen molar-refractivity contribution in [2.75, 3.05) is 5.32 Å². The molecular formula is C14H12BrN3O3. The summed E-state index contributed by atoms with van der Waals surface area (Å²) in [5.41, 5.74) is 1.31. The number of aromatic carboxylic acids is 1. The fourth-order valence-corrected chi connectivity index (χ4v) is 2.05. The van der Waals surface area contributed by atoms with Gasteiger partial charge in [0.25, 0.3) is 0 Å². The molecule has 0 aliphatic rings. The van der Waals surface area contributed by atoms with E-state index in [9.17, 15) is 9.59 Å². The van der Waals surface area contributed by atoms with Crippen LogP contribution in [0.25, 0.3) is 0 Å². The third-order valence-electron chi connectivity index (χ3n) is 2.58. The van der Waals surface area contributed by atoms with Crippen LogP contribution >= 0.6 is 15.9 Å². The molecule has 6 nitrogen and oxygen atoms in total. The second kappa shape index (κ2) is 6.85. The van der Waals surface area contributed by atoms with E-state index in [4.69, 9.17) is 5.11 Å². The van der Waals surface area contributed by atoms with Gasteiger partial charge in [-0.2, -0.15) is 0 Å². The molecule has 2 rings (SSSR count). The topological polar surface area (TPSA) is 91.3 Å². The maximum Gasteiger partial charge on any atom is 0.354 e. The normalized spacial score (nSPS) is 9.95. The number of halogens is 1. The molecule has 0 atom stereocenters. The van der Waals surface area contributed by atoms with Gasteiger partial charge in [0.05, 0.1) is 11.9 Å². The number of amides is 2. The molecule has 21 heavy (non-hydrogen) atoms. The smallest absolute Gasteiger partial charge is 0.354 e. The molecule has 0 aliphatic heterocycles. The first-order valence-corrected chi connectivity index (χ1v) is 6.82. The zero-order valence-electron chi connectivity index (χ0n) is 10.8. The molecule has 0 radical (unpaired) electrons. The number of hydrogen-bond donors (Lipinski definition) is 3. The molecule has 1 aromatic heterocycles. The van der Waals surface area contributed by atoms with E-state index in [-0.39, 0.29) is 11.7 Å². The van der Waals surface area contributed by atoms with E-state index in [1.54, 1.807) is 0 Å². The highest BCUT2D eigenvalue weighted by atomic mass is 79.9. The van der Waals surface area contributed by atoms with Gasteiger partial charge in [0.2, 0.25) is 0 Å². The minimum Gasteiger partial charge on any atom is -0.477 e. The van der Waals surface area contributed by atoms with Crippen LogP contribution < -0.4 is 10.6 Å². The number of carboxylic acids is 1. The Hall–Kier alpha value is -2.41. The summed E-state index contributed by atoms with van der Waals surface area (Å²) in [5, 5.41) is 14.0.